The second kappa shape index (κ2) is 14.6. The lowest BCUT2D eigenvalue weighted by Crippen LogP contribution is -2.58. The van der Waals surface area contributed by atoms with Crippen molar-refractivity contribution in [3.8, 4) is 5.75 Å². The minimum absolute atomic E-state index is 0.0526. The molecule has 1 rings (SSSR count). The molecule has 0 fully saturated rings. The number of carbonyl (C=O) groups is 5. The average molecular weight is 511 g/mol. The van der Waals surface area contributed by atoms with Crippen LogP contribution >= 0.6 is 0 Å². The number of aromatic hydroxyl groups is 1. The number of rotatable bonds is 15. The number of hydrogen-bond acceptors (Lipinski definition) is 8. The summed E-state index contributed by atoms with van der Waals surface area (Å²) in [6.07, 6.45) is -0.593. The van der Waals surface area contributed by atoms with Crippen LogP contribution in [0.15, 0.2) is 24.3 Å². The minimum atomic E-state index is -1.54. The van der Waals surface area contributed by atoms with Crippen LogP contribution in [-0.4, -0.2) is 80.9 Å². The van der Waals surface area contributed by atoms with Crippen molar-refractivity contribution >= 4 is 29.7 Å². The van der Waals surface area contributed by atoms with Gasteiger partial charge in [-0.3, -0.25) is 19.2 Å². The molecule has 0 heterocycles. The Morgan fingerprint density at radius 2 is 1.39 bits per heavy atom. The Bertz CT molecular complexity index is 921. The molecular weight excluding hydrogens is 476 g/mol. The van der Waals surface area contributed by atoms with Gasteiger partial charge in [0.25, 0.3) is 0 Å². The Balaban J connectivity index is 2.84. The zero-order valence-corrected chi connectivity index (χ0v) is 20.1. The smallest absolute Gasteiger partial charge is 0.326 e. The van der Waals surface area contributed by atoms with E-state index in [0.717, 1.165) is 0 Å². The first-order valence-corrected chi connectivity index (χ1v) is 11.3. The summed E-state index contributed by atoms with van der Waals surface area (Å²) in [6, 6.07) is 0.909. The lowest BCUT2D eigenvalue weighted by atomic mass is 10.0. The summed E-state index contributed by atoms with van der Waals surface area (Å²) in [5.74, 6) is -5.16. The average Bonchev–Trinajstić information content (AvgIpc) is 2.80. The van der Waals surface area contributed by atoms with Gasteiger partial charge >= 0.3 is 11.9 Å². The van der Waals surface area contributed by atoms with E-state index in [-0.39, 0.29) is 24.5 Å². The van der Waals surface area contributed by atoms with Gasteiger partial charge in [0, 0.05) is 6.42 Å². The van der Waals surface area contributed by atoms with Gasteiger partial charge in [0.15, 0.2) is 0 Å². The number of nitrogens with one attached hydrogen (secondary N) is 3. The number of benzene rings is 1. The first-order chi connectivity index (χ1) is 16.8. The highest BCUT2D eigenvalue weighted by atomic mass is 16.4. The van der Waals surface area contributed by atoms with E-state index in [9.17, 15) is 39.3 Å². The Labute approximate surface area is 208 Å². The molecule has 1 aromatic rings. The fourth-order valence-electron chi connectivity index (χ4n) is 3.22. The summed E-state index contributed by atoms with van der Waals surface area (Å²) < 4.78 is 0. The highest BCUT2D eigenvalue weighted by Crippen LogP contribution is 2.12. The summed E-state index contributed by atoms with van der Waals surface area (Å²) in [7, 11) is 0. The number of hydrogen-bond donors (Lipinski definition) is 8. The van der Waals surface area contributed by atoms with Crippen LogP contribution in [0.25, 0.3) is 0 Å². The van der Waals surface area contributed by atoms with Gasteiger partial charge in [0.1, 0.15) is 23.9 Å². The normalized spacial score (nSPS) is 14.2. The third-order valence-electron chi connectivity index (χ3n) is 5.15. The molecule has 200 valence electrons. The molecule has 1 aromatic carbocycles. The van der Waals surface area contributed by atoms with Crippen LogP contribution in [0.4, 0.5) is 0 Å². The predicted molar refractivity (Wildman–Crippen MR) is 127 cm³/mol. The summed E-state index contributed by atoms with van der Waals surface area (Å²) in [4.78, 5) is 60.0. The topological polar surface area (TPSA) is 228 Å². The van der Waals surface area contributed by atoms with Crippen molar-refractivity contribution in [2.24, 2.45) is 11.7 Å². The Kier molecular flexibility index (Phi) is 12.3. The molecule has 0 aliphatic rings. The number of amides is 3. The van der Waals surface area contributed by atoms with Gasteiger partial charge in [-0.1, -0.05) is 26.0 Å². The van der Waals surface area contributed by atoms with Crippen LogP contribution in [0.3, 0.4) is 0 Å². The molecule has 0 aliphatic heterocycles. The molecule has 0 bridgehead atoms. The van der Waals surface area contributed by atoms with Gasteiger partial charge in [0.2, 0.25) is 17.7 Å². The van der Waals surface area contributed by atoms with Crippen molar-refractivity contribution in [3.63, 3.8) is 0 Å². The number of carboxylic acid groups (broad SMARTS) is 2. The molecule has 9 N–H and O–H groups in total. The van der Waals surface area contributed by atoms with E-state index in [2.05, 4.69) is 16.0 Å². The van der Waals surface area contributed by atoms with E-state index in [1.165, 1.54) is 12.1 Å². The number of phenolic OH excluding ortho intramolecular Hbond substituents is 1. The summed E-state index contributed by atoms with van der Waals surface area (Å²) in [5, 5.41) is 43.8. The molecule has 0 saturated carbocycles. The first kappa shape index (κ1) is 30.3. The monoisotopic (exact) mass is 510 g/mol. The van der Waals surface area contributed by atoms with E-state index in [0.29, 0.717) is 5.56 Å². The van der Waals surface area contributed by atoms with Gasteiger partial charge in [-0.05, 0) is 42.9 Å². The molecule has 4 atom stereocenters. The summed E-state index contributed by atoms with van der Waals surface area (Å²) >= 11 is 0. The SMILES string of the molecule is CC(C)CC(NC(=O)C(N)Cc1ccc(O)cc1)C(=O)NC(CO)C(=O)NC(CCC(=O)O)C(=O)O. The van der Waals surface area contributed by atoms with Crippen LogP contribution in [-0.2, 0) is 30.4 Å². The maximum atomic E-state index is 12.9. The largest absolute Gasteiger partial charge is 0.508 e. The van der Waals surface area contributed by atoms with Gasteiger partial charge < -0.3 is 42.1 Å². The fraction of sp³-hybridized carbons (Fsp3) is 0.522. The van der Waals surface area contributed by atoms with Gasteiger partial charge in [-0.2, -0.15) is 0 Å². The standard InChI is InChI=1S/C23H34N4O9/c1-12(2)9-17(26-20(32)15(24)10-13-3-5-14(29)6-4-13)21(33)27-18(11-28)22(34)25-16(23(35)36)7-8-19(30)31/h3-6,12,15-18,28-29H,7-11,24H2,1-2H3,(H,25,34)(H,26,32)(H,27,33)(H,30,31)(H,35,36). The maximum absolute atomic E-state index is 12.9. The number of aliphatic carboxylic acids is 2. The van der Waals surface area contributed by atoms with E-state index >= 15 is 0 Å². The minimum Gasteiger partial charge on any atom is -0.508 e. The van der Waals surface area contributed by atoms with Crippen LogP contribution in [0, 0.1) is 5.92 Å². The molecule has 0 aliphatic carbocycles. The number of carbonyl (C=O) groups excluding carboxylic acids is 3. The molecule has 0 radical (unpaired) electrons. The van der Waals surface area contributed by atoms with E-state index in [4.69, 9.17) is 10.8 Å². The Hall–Kier alpha value is -3.71. The molecule has 0 aromatic heterocycles. The predicted octanol–water partition coefficient (Wildman–Crippen LogP) is -1.30. The number of carboxylic acids is 2. The van der Waals surface area contributed by atoms with Crippen LogP contribution in [0.2, 0.25) is 0 Å². The van der Waals surface area contributed by atoms with Crippen molar-refractivity contribution in [1.82, 2.24) is 16.0 Å². The van der Waals surface area contributed by atoms with E-state index in [1.807, 2.05) is 0 Å². The maximum Gasteiger partial charge on any atom is 0.326 e. The Morgan fingerprint density at radius 3 is 1.89 bits per heavy atom. The molecule has 36 heavy (non-hydrogen) atoms. The molecule has 3 amide bonds. The van der Waals surface area contributed by atoms with Crippen LogP contribution in [0.5, 0.6) is 5.75 Å². The summed E-state index contributed by atoms with van der Waals surface area (Å²) in [5.41, 5.74) is 6.66. The van der Waals surface area contributed by atoms with E-state index in [1.54, 1.807) is 26.0 Å². The zero-order valence-electron chi connectivity index (χ0n) is 20.1. The lowest BCUT2D eigenvalue weighted by Gasteiger charge is -2.25. The second-order valence-electron chi connectivity index (χ2n) is 8.74. The Morgan fingerprint density at radius 1 is 0.861 bits per heavy atom. The van der Waals surface area contributed by atoms with Gasteiger partial charge in [-0.25, -0.2) is 4.79 Å². The molecular formula is C23H34N4O9. The van der Waals surface area contributed by atoms with Crippen molar-refractivity contribution in [3.05, 3.63) is 29.8 Å². The van der Waals surface area contributed by atoms with Crippen molar-refractivity contribution in [2.75, 3.05) is 6.61 Å². The molecule has 0 spiro atoms. The summed E-state index contributed by atoms with van der Waals surface area (Å²) in [6.45, 7) is 2.74. The third kappa shape index (κ3) is 10.7. The number of nitrogens with two attached hydrogens (primary N) is 1. The molecule has 13 heteroatoms. The number of aliphatic hydroxyl groups excluding tert-OH is 1. The zero-order chi connectivity index (χ0) is 27.4. The molecule has 4 unspecified atom stereocenters. The van der Waals surface area contributed by atoms with Crippen molar-refractivity contribution in [1.29, 1.82) is 0 Å². The highest BCUT2D eigenvalue weighted by molar-refractivity contribution is 5.94. The van der Waals surface area contributed by atoms with Crippen LogP contribution < -0.4 is 21.7 Å². The quantitative estimate of drug-likeness (QED) is 0.139. The number of phenols is 1. The van der Waals surface area contributed by atoms with Gasteiger partial charge in [0.05, 0.1) is 12.6 Å². The molecule has 0 saturated heterocycles. The molecule has 13 nitrogen and oxygen atoms in total. The third-order valence-corrected chi connectivity index (χ3v) is 5.15. The number of aliphatic hydroxyl groups is 1. The van der Waals surface area contributed by atoms with Gasteiger partial charge in [-0.15, -0.1) is 0 Å². The van der Waals surface area contributed by atoms with Crippen molar-refractivity contribution in [2.45, 2.75) is 63.7 Å². The fourth-order valence-corrected chi connectivity index (χ4v) is 3.22. The van der Waals surface area contributed by atoms with Crippen LogP contribution in [0.1, 0.15) is 38.7 Å². The highest BCUT2D eigenvalue weighted by Gasteiger charge is 2.30. The first-order valence-electron chi connectivity index (χ1n) is 11.3. The van der Waals surface area contributed by atoms with E-state index < -0.39 is 73.3 Å². The van der Waals surface area contributed by atoms with Crippen molar-refractivity contribution < 1.29 is 44.4 Å². The second-order valence-corrected chi connectivity index (χ2v) is 8.74. The lowest BCUT2D eigenvalue weighted by molar-refractivity contribution is -0.143.